The molecule has 1 aromatic heterocycles. The molecule has 0 radical (unpaired) electrons. The minimum absolute atomic E-state index is 0.135. The van der Waals surface area contributed by atoms with Gasteiger partial charge in [-0.3, -0.25) is 4.98 Å². The highest BCUT2D eigenvalue weighted by molar-refractivity contribution is 7.89. The number of hydrogen-bond donors (Lipinski definition) is 0. The quantitative estimate of drug-likeness (QED) is 0.835. The average molecular weight is 346 g/mol. The lowest BCUT2D eigenvalue weighted by Crippen LogP contribution is -2.37. The van der Waals surface area contributed by atoms with Crippen LogP contribution in [-0.2, 0) is 14.8 Å². The molecule has 1 saturated carbocycles. The molecule has 0 N–H and O–H groups in total. The maximum atomic E-state index is 13.3. The Labute approximate surface area is 142 Å². The average Bonchev–Trinajstić information content (AvgIpc) is 3.27. The van der Waals surface area contributed by atoms with E-state index in [4.69, 9.17) is 4.74 Å². The summed E-state index contributed by atoms with van der Waals surface area (Å²) < 4.78 is 33.8. The fourth-order valence-corrected chi connectivity index (χ4v) is 5.29. The van der Waals surface area contributed by atoms with Crippen LogP contribution in [0, 0.1) is 12.8 Å². The molecule has 1 unspecified atom stereocenters. The molecular weight excluding hydrogens is 324 g/mol. The van der Waals surface area contributed by atoms with Crippen molar-refractivity contribution in [2.75, 3.05) is 19.8 Å². The monoisotopic (exact) mass is 346 g/mol. The Bertz CT molecular complexity index is 856. The SMILES string of the molecule is Cc1cnc2c(S(=O)(=O)N(CC3CCOC3)C3CC3)cccc2c1. The van der Waals surface area contributed by atoms with Gasteiger partial charge in [-0.15, -0.1) is 0 Å². The molecule has 0 bridgehead atoms. The molecule has 24 heavy (non-hydrogen) atoms. The van der Waals surface area contributed by atoms with E-state index in [1.807, 2.05) is 19.1 Å². The first-order valence-electron chi connectivity index (χ1n) is 8.50. The van der Waals surface area contributed by atoms with E-state index in [1.165, 1.54) is 0 Å². The van der Waals surface area contributed by atoms with Crippen LogP contribution in [-0.4, -0.2) is 43.5 Å². The molecule has 2 aromatic rings. The smallest absolute Gasteiger partial charge is 0.245 e. The number of rotatable bonds is 5. The van der Waals surface area contributed by atoms with E-state index < -0.39 is 10.0 Å². The molecule has 1 aliphatic heterocycles. The lowest BCUT2D eigenvalue weighted by Gasteiger charge is -2.25. The van der Waals surface area contributed by atoms with Gasteiger partial charge in [-0.05, 0) is 49.8 Å². The zero-order chi connectivity index (χ0) is 16.7. The first kappa shape index (κ1) is 16.0. The van der Waals surface area contributed by atoms with E-state index in [1.54, 1.807) is 22.6 Å². The standard InChI is InChI=1S/C18H22N2O3S/c1-13-9-15-3-2-4-17(18(15)19-10-13)24(21,22)20(16-5-6-16)11-14-7-8-23-12-14/h2-4,9-10,14,16H,5-8,11-12H2,1H3. The molecule has 0 amide bonds. The summed E-state index contributed by atoms with van der Waals surface area (Å²) >= 11 is 0. The Balaban J connectivity index is 1.75. The summed E-state index contributed by atoms with van der Waals surface area (Å²) in [5.74, 6) is 0.297. The summed E-state index contributed by atoms with van der Waals surface area (Å²) in [5.41, 5.74) is 1.59. The van der Waals surface area contributed by atoms with E-state index >= 15 is 0 Å². The Morgan fingerprint density at radius 1 is 1.29 bits per heavy atom. The fraction of sp³-hybridized carbons (Fsp3) is 0.500. The third-order valence-electron chi connectivity index (χ3n) is 4.81. The maximum Gasteiger partial charge on any atom is 0.245 e. The predicted octanol–water partition coefficient (Wildman–Crippen LogP) is 2.73. The number of benzene rings is 1. The molecule has 0 spiro atoms. The van der Waals surface area contributed by atoms with Crippen molar-refractivity contribution in [2.45, 2.75) is 37.1 Å². The Hall–Kier alpha value is -1.50. The summed E-state index contributed by atoms with van der Waals surface area (Å²) in [4.78, 5) is 4.74. The van der Waals surface area contributed by atoms with Crippen molar-refractivity contribution >= 4 is 20.9 Å². The molecule has 2 heterocycles. The van der Waals surface area contributed by atoms with E-state index in [-0.39, 0.29) is 6.04 Å². The van der Waals surface area contributed by atoms with Gasteiger partial charge in [0.25, 0.3) is 0 Å². The molecule has 1 atom stereocenters. The van der Waals surface area contributed by atoms with Gasteiger partial charge in [0, 0.05) is 30.8 Å². The first-order valence-corrected chi connectivity index (χ1v) is 9.94. The van der Waals surface area contributed by atoms with Crippen molar-refractivity contribution in [3.05, 3.63) is 36.0 Å². The Morgan fingerprint density at radius 2 is 2.12 bits per heavy atom. The van der Waals surface area contributed by atoms with E-state index in [0.717, 1.165) is 36.8 Å². The van der Waals surface area contributed by atoms with Gasteiger partial charge in [0.15, 0.2) is 0 Å². The van der Waals surface area contributed by atoms with Gasteiger partial charge in [0.1, 0.15) is 4.90 Å². The van der Waals surface area contributed by atoms with Crippen LogP contribution in [0.1, 0.15) is 24.8 Å². The molecule has 1 aliphatic carbocycles. The molecule has 2 fully saturated rings. The normalized spacial score (nSPS) is 21.7. The molecule has 2 aliphatic rings. The zero-order valence-electron chi connectivity index (χ0n) is 13.8. The van der Waals surface area contributed by atoms with Crippen molar-refractivity contribution in [3.63, 3.8) is 0 Å². The molecule has 6 heteroatoms. The molecule has 128 valence electrons. The second-order valence-electron chi connectivity index (χ2n) is 6.88. The van der Waals surface area contributed by atoms with Crippen LogP contribution in [0.2, 0.25) is 0 Å². The Kier molecular flexibility index (Phi) is 4.06. The van der Waals surface area contributed by atoms with Gasteiger partial charge in [-0.2, -0.15) is 4.31 Å². The van der Waals surface area contributed by atoms with Crippen LogP contribution in [0.5, 0.6) is 0 Å². The molecule has 1 saturated heterocycles. The molecular formula is C18H22N2O3S. The van der Waals surface area contributed by atoms with Crippen LogP contribution in [0.15, 0.2) is 35.4 Å². The lowest BCUT2D eigenvalue weighted by molar-refractivity contribution is 0.180. The second-order valence-corrected chi connectivity index (χ2v) is 8.74. The van der Waals surface area contributed by atoms with Crippen molar-refractivity contribution in [3.8, 4) is 0 Å². The number of nitrogens with zero attached hydrogens (tertiary/aromatic N) is 2. The molecule has 4 rings (SSSR count). The molecule has 1 aromatic carbocycles. The lowest BCUT2D eigenvalue weighted by atomic mass is 10.1. The third kappa shape index (κ3) is 2.94. The van der Waals surface area contributed by atoms with Gasteiger partial charge >= 0.3 is 0 Å². The molecule has 5 nitrogen and oxygen atoms in total. The first-order chi connectivity index (χ1) is 11.6. The summed E-state index contributed by atoms with van der Waals surface area (Å²) in [7, 11) is -3.55. The van der Waals surface area contributed by atoms with Crippen molar-refractivity contribution in [2.24, 2.45) is 5.92 Å². The summed E-state index contributed by atoms with van der Waals surface area (Å²) in [5, 5.41) is 0.871. The number of aryl methyl sites for hydroxylation is 1. The minimum atomic E-state index is -3.55. The van der Waals surface area contributed by atoms with Gasteiger partial charge in [-0.25, -0.2) is 8.42 Å². The summed E-state index contributed by atoms with van der Waals surface area (Å²) in [6.45, 7) is 3.91. The number of para-hydroxylation sites is 1. The highest BCUT2D eigenvalue weighted by atomic mass is 32.2. The van der Waals surface area contributed by atoms with Crippen LogP contribution >= 0.6 is 0 Å². The van der Waals surface area contributed by atoms with Gasteiger partial charge < -0.3 is 4.74 Å². The van der Waals surface area contributed by atoms with Gasteiger partial charge in [-0.1, -0.05) is 12.1 Å². The predicted molar refractivity (Wildman–Crippen MR) is 92.3 cm³/mol. The number of aromatic nitrogens is 1. The number of ether oxygens (including phenoxy) is 1. The van der Waals surface area contributed by atoms with Gasteiger partial charge in [0.05, 0.1) is 12.1 Å². The third-order valence-corrected chi connectivity index (χ3v) is 6.76. The zero-order valence-corrected chi connectivity index (χ0v) is 14.6. The summed E-state index contributed by atoms with van der Waals surface area (Å²) in [6, 6.07) is 7.52. The van der Waals surface area contributed by atoms with E-state index in [9.17, 15) is 8.42 Å². The van der Waals surface area contributed by atoms with Crippen LogP contribution in [0.4, 0.5) is 0 Å². The maximum absolute atomic E-state index is 13.3. The number of sulfonamides is 1. The fourth-order valence-electron chi connectivity index (χ4n) is 3.37. The van der Waals surface area contributed by atoms with Crippen molar-refractivity contribution in [1.82, 2.24) is 9.29 Å². The van der Waals surface area contributed by atoms with Crippen molar-refractivity contribution < 1.29 is 13.2 Å². The largest absolute Gasteiger partial charge is 0.381 e. The van der Waals surface area contributed by atoms with Gasteiger partial charge in [0.2, 0.25) is 10.0 Å². The topological polar surface area (TPSA) is 59.5 Å². The van der Waals surface area contributed by atoms with E-state index in [2.05, 4.69) is 4.98 Å². The number of pyridine rings is 1. The summed E-state index contributed by atoms with van der Waals surface area (Å²) in [6.07, 6.45) is 4.56. The van der Waals surface area contributed by atoms with Crippen molar-refractivity contribution in [1.29, 1.82) is 0 Å². The minimum Gasteiger partial charge on any atom is -0.381 e. The van der Waals surface area contributed by atoms with E-state index in [0.29, 0.717) is 29.5 Å². The second kappa shape index (κ2) is 6.10. The van der Waals surface area contributed by atoms with Crippen LogP contribution in [0.25, 0.3) is 10.9 Å². The Morgan fingerprint density at radius 3 is 2.83 bits per heavy atom. The number of hydrogen-bond acceptors (Lipinski definition) is 4. The highest BCUT2D eigenvalue weighted by Gasteiger charge is 2.40. The van der Waals surface area contributed by atoms with Crippen LogP contribution in [0.3, 0.4) is 0 Å². The van der Waals surface area contributed by atoms with Crippen LogP contribution < -0.4 is 0 Å². The highest BCUT2D eigenvalue weighted by Crippen LogP contribution is 2.35. The number of fused-ring (bicyclic) bond motifs is 1.